The molecule has 0 saturated heterocycles. The Bertz CT molecular complexity index is 308. The van der Waals surface area contributed by atoms with Crippen LogP contribution in [0.4, 0.5) is 0 Å². The standard InChI is InChI=1S/C10H14N2O2/c1-2-3-8(11)7-4-5-9(10(13)14)12-6-7/h4-6,8H,2-3,11H2,1H3,(H,13,14). The molecule has 3 N–H and O–H groups in total. The normalized spacial score (nSPS) is 12.4. The first-order chi connectivity index (χ1) is 6.65. The fraction of sp³-hybridized carbons (Fsp3) is 0.400. The fourth-order valence-electron chi connectivity index (χ4n) is 1.23. The predicted octanol–water partition coefficient (Wildman–Crippen LogP) is 1.58. The van der Waals surface area contributed by atoms with Gasteiger partial charge in [-0.3, -0.25) is 0 Å². The number of carboxylic acids is 1. The number of aromatic carboxylic acids is 1. The minimum atomic E-state index is -1.01. The van der Waals surface area contributed by atoms with E-state index in [1.54, 1.807) is 6.07 Å². The molecule has 0 spiro atoms. The zero-order valence-electron chi connectivity index (χ0n) is 8.10. The lowest BCUT2D eigenvalue weighted by Crippen LogP contribution is -2.11. The molecule has 4 heteroatoms. The Kier molecular flexibility index (Phi) is 3.59. The summed E-state index contributed by atoms with van der Waals surface area (Å²) >= 11 is 0. The molecule has 1 atom stereocenters. The number of rotatable bonds is 4. The minimum absolute atomic E-state index is 0.0460. The highest BCUT2D eigenvalue weighted by Gasteiger charge is 2.07. The first-order valence-electron chi connectivity index (χ1n) is 4.60. The van der Waals surface area contributed by atoms with Crippen LogP contribution < -0.4 is 5.73 Å². The summed E-state index contributed by atoms with van der Waals surface area (Å²) in [6.45, 7) is 2.05. The van der Waals surface area contributed by atoms with Gasteiger partial charge in [-0.05, 0) is 18.1 Å². The summed E-state index contributed by atoms with van der Waals surface area (Å²) in [4.78, 5) is 14.3. The molecule has 0 bridgehead atoms. The second-order valence-corrected chi connectivity index (χ2v) is 3.18. The number of nitrogens with zero attached hydrogens (tertiary/aromatic N) is 1. The summed E-state index contributed by atoms with van der Waals surface area (Å²) in [6, 6.07) is 3.15. The van der Waals surface area contributed by atoms with E-state index in [9.17, 15) is 4.79 Å². The van der Waals surface area contributed by atoms with Crippen LogP contribution in [0.3, 0.4) is 0 Å². The summed E-state index contributed by atoms with van der Waals surface area (Å²) in [5, 5.41) is 8.62. The van der Waals surface area contributed by atoms with Crippen molar-refractivity contribution in [3.63, 3.8) is 0 Å². The van der Waals surface area contributed by atoms with E-state index in [0.717, 1.165) is 18.4 Å². The molecular formula is C10H14N2O2. The SMILES string of the molecule is CCCC(N)c1ccc(C(=O)O)nc1. The van der Waals surface area contributed by atoms with Crippen LogP contribution in [0.25, 0.3) is 0 Å². The number of hydrogen-bond donors (Lipinski definition) is 2. The lowest BCUT2D eigenvalue weighted by Gasteiger charge is -2.09. The molecule has 0 radical (unpaired) electrons. The van der Waals surface area contributed by atoms with Gasteiger partial charge in [-0.1, -0.05) is 19.4 Å². The fourth-order valence-corrected chi connectivity index (χ4v) is 1.23. The van der Waals surface area contributed by atoms with Crippen molar-refractivity contribution in [2.45, 2.75) is 25.8 Å². The first kappa shape index (κ1) is 10.7. The van der Waals surface area contributed by atoms with Gasteiger partial charge in [-0.15, -0.1) is 0 Å². The minimum Gasteiger partial charge on any atom is -0.477 e. The third-order valence-corrected chi connectivity index (χ3v) is 2.03. The number of hydrogen-bond acceptors (Lipinski definition) is 3. The molecule has 0 aliphatic carbocycles. The van der Waals surface area contributed by atoms with Crippen molar-refractivity contribution < 1.29 is 9.90 Å². The molecule has 1 aromatic heterocycles. The second-order valence-electron chi connectivity index (χ2n) is 3.18. The summed E-state index contributed by atoms with van der Waals surface area (Å²) in [5.41, 5.74) is 6.78. The molecular weight excluding hydrogens is 180 g/mol. The lowest BCUT2D eigenvalue weighted by molar-refractivity contribution is 0.0690. The molecule has 0 aromatic carbocycles. The quantitative estimate of drug-likeness (QED) is 0.762. The Hall–Kier alpha value is -1.42. The van der Waals surface area contributed by atoms with Crippen molar-refractivity contribution in [1.29, 1.82) is 0 Å². The van der Waals surface area contributed by atoms with Crippen LogP contribution in [-0.4, -0.2) is 16.1 Å². The van der Waals surface area contributed by atoms with E-state index in [1.807, 2.05) is 0 Å². The monoisotopic (exact) mass is 194 g/mol. The van der Waals surface area contributed by atoms with Gasteiger partial charge in [0, 0.05) is 12.2 Å². The molecule has 0 aliphatic heterocycles. The maximum absolute atomic E-state index is 10.5. The van der Waals surface area contributed by atoms with Crippen LogP contribution in [0, 0.1) is 0 Å². The van der Waals surface area contributed by atoms with Crippen molar-refractivity contribution in [2.75, 3.05) is 0 Å². The maximum atomic E-state index is 10.5. The van der Waals surface area contributed by atoms with Gasteiger partial charge in [0.15, 0.2) is 0 Å². The van der Waals surface area contributed by atoms with Crippen molar-refractivity contribution >= 4 is 5.97 Å². The van der Waals surface area contributed by atoms with Crippen molar-refractivity contribution in [3.05, 3.63) is 29.6 Å². The molecule has 1 heterocycles. The predicted molar refractivity (Wildman–Crippen MR) is 53.0 cm³/mol. The molecule has 1 unspecified atom stereocenters. The zero-order valence-corrected chi connectivity index (χ0v) is 8.10. The van der Waals surface area contributed by atoms with E-state index in [1.165, 1.54) is 12.3 Å². The van der Waals surface area contributed by atoms with Crippen LogP contribution in [0.1, 0.15) is 41.9 Å². The van der Waals surface area contributed by atoms with Gasteiger partial charge in [0.1, 0.15) is 5.69 Å². The number of carbonyl (C=O) groups is 1. The van der Waals surface area contributed by atoms with Crippen molar-refractivity contribution in [3.8, 4) is 0 Å². The molecule has 0 saturated carbocycles. The zero-order chi connectivity index (χ0) is 10.6. The summed E-state index contributed by atoms with van der Waals surface area (Å²) in [5.74, 6) is -1.01. The van der Waals surface area contributed by atoms with Gasteiger partial charge in [0.05, 0.1) is 0 Å². The van der Waals surface area contributed by atoms with Gasteiger partial charge in [0.25, 0.3) is 0 Å². The van der Waals surface area contributed by atoms with Gasteiger partial charge >= 0.3 is 5.97 Å². The average Bonchev–Trinajstić information content (AvgIpc) is 2.18. The Morgan fingerprint density at radius 3 is 2.79 bits per heavy atom. The maximum Gasteiger partial charge on any atom is 0.354 e. The van der Waals surface area contributed by atoms with Gasteiger partial charge in [0.2, 0.25) is 0 Å². The molecule has 0 aliphatic rings. The lowest BCUT2D eigenvalue weighted by atomic mass is 10.1. The van der Waals surface area contributed by atoms with E-state index in [2.05, 4.69) is 11.9 Å². The van der Waals surface area contributed by atoms with Gasteiger partial charge < -0.3 is 10.8 Å². The molecule has 1 aromatic rings. The summed E-state index contributed by atoms with van der Waals surface area (Å²) in [6.07, 6.45) is 3.42. The molecule has 0 fully saturated rings. The molecule has 76 valence electrons. The average molecular weight is 194 g/mol. The van der Waals surface area contributed by atoms with Gasteiger partial charge in [-0.25, -0.2) is 9.78 Å². The first-order valence-corrected chi connectivity index (χ1v) is 4.60. The summed E-state index contributed by atoms with van der Waals surface area (Å²) in [7, 11) is 0. The third-order valence-electron chi connectivity index (χ3n) is 2.03. The van der Waals surface area contributed by atoms with Crippen LogP contribution >= 0.6 is 0 Å². The largest absolute Gasteiger partial charge is 0.477 e. The summed E-state index contributed by atoms with van der Waals surface area (Å²) < 4.78 is 0. The number of aromatic nitrogens is 1. The molecule has 4 nitrogen and oxygen atoms in total. The van der Waals surface area contributed by atoms with E-state index in [0.29, 0.717) is 0 Å². The van der Waals surface area contributed by atoms with Crippen LogP contribution in [-0.2, 0) is 0 Å². The van der Waals surface area contributed by atoms with Gasteiger partial charge in [-0.2, -0.15) is 0 Å². The van der Waals surface area contributed by atoms with Crippen LogP contribution in [0.15, 0.2) is 18.3 Å². The van der Waals surface area contributed by atoms with E-state index in [4.69, 9.17) is 10.8 Å². The van der Waals surface area contributed by atoms with Crippen molar-refractivity contribution in [1.82, 2.24) is 4.98 Å². The number of pyridine rings is 1. The van der Waals surface area contributed by atoms with E-state index < -0.39 is 5.97 Å². The molecule has 1 rings (SSSR count). The number of carboxylic acid groups (broad SMARTS) is 1. The highest BCUT2D eigenvalue weighted by molar-refractivity contribution is 5.85. The van der Waals surface area contributed by atoms with Crippen LogP contribution in [0.2, 0.25) is 0 Å². The molecule has 0 amide bonds. The third kappa shape index (κ3) is 2.53. The number of nitrogens with two attached hydrogens (primary N) is 1. The highest BCUT2D eigenvalue weighted by atomic mass is 16.4. The molecule has 14 heavy (non-hydrogen) atoms. The smallest absolute Gasteiger partial charge is 0.354 e. The Labute approximate surface area is 82.8 Å². The van der Waals surface area contributed by atoms with Crippen LogP contribution in [0.5, 0.6) is 0 Å². The van der Waals surface area contributed by atoms with E-state index >= 15 is 0 Å². The second kappa shape index (κ2) is 4.72. The van der Waals surface area contributed by atoms with E-state index in [-0.39, 0.29) is 11.7 Å². The van der Waals surface area contributed by atoms with Crippen molar-refractivity contribution in [2.24, 2.45) is 5.73 Å². The Balaban J connectivity index is 2.77. The topological polar surface area (TPSA) is 76.2 Å². The Morgan fingerprint density at radius 2 is 2.36 bits per heavy atom. The highest BCUT2D eigenvalue weighted by Crippen LogP contribution is 2.14. The Morgan fingerprint density at radius 1 is 1.64 bits per heavy atom.